The standard InChI is InChI=1S/C20H31N3O4.HI/c1-2-21-20(22-9-4-10-24-15-17-6-3-11-25-17)23-16-7-8-18-19(14-16)27-13-5-12-26-18;/h7-8,14,17H,2-6,9-13,15H2,1H3,(H2,21,22,23);1H. The van der Waals surface area contributed by atoms with E-state index in [9.17, 15) is 0 Å². The fourth-order valence-corrected chi connectivity index (χ4v) is 3.03. The van der Waals surface area contributed by atoms with Crippen molar-refractivity contribution in [2.45, 2.75) is 38.7 Å². The number of benzene rings is 1. The number of hydrogen-bond acceptors (Lipinski definition) is 5. The monoisotopic (exact) mass is 505 g/mol. The van der Waals surface area contributed by atoms with Gasteiger partial charge in [-0.25, -0.2) is 0 Å². The Morgan fingerprint density at radius 3 is 2.82 bits per heavy atom. The van der Waals surface area contributed by atoms with Gasteiger partial charge in [-0.1, -0.05) is 0 Å². The molecule has 0 amide bonds. The molecule has 0 saturated carbocycles. The van der Waals surface area contributed by atoms with E-state index < -0.39 is 0 Å². The zero-order valence-corrected chi connectivity index (χ0v) is 18.9. The first kappa shape index (κ1) is 23.0. The van der Waals surface area contributed by atoms with E-state index in [0.29, 0.717) is 33.0 Å². The van der Waals surface area contributed by atoms with Gasteiger partial charge in [-0.05, 0) is 38.3 Å². The lowest BCUT2D eigenvalue weighted by atomic mass is 10.2. The summed E-state index contributed by atoms with van der Waals surface area (Å²) in [4.78, 5) is 4.62. The molecular formula is C20H32IN3O4. The maximum atomic E-state index is 5.75. The summed E-state index contributed by atoms with van der Waals surface area (Å²) in [5.41, 5.74) is 0.925. The molecule has 0 aromatic heterocycles. The highest BCUT2D eigenvalue weighted by molar-refractivity contribution is 14.0. The minimum atomic E-state index is 0. The van der Waals surface area contributed by atoms with Crippen LogP contribution in [0.4, 0.5) is 5.69 Å². The van der Waals surface area contributed by atoms with E-state index in [2.05, 4.69) is 22.5 Å². The summed E-state index contributed by atoms with van der Waals surface area (Å²) in [6, 6.07) is 5.87. The van der Waals surface area contributed by atoms with Crippen LogP contribution in [0.3, 0.4) is 0 Å². The molecule has 1 aromatic carbocycles. The van der Waals surface area contributed by atoms with Crippen LogP contribution in [0.25, 0.3) is 0 Å². The van der Waals surface area contributed by atoms with Crippen LogP contribution < -0.4 is 20.1 Å². The van der Waals surface area contributed by atoms with Crippen LogP contribution in [0.15, 0.2) is 23.2 Å². The number of guanidine groups is 1. The first-order chi connectivity index (χ1) is 13.3. The molecule has 1 atom stereocenters. The summed E-state index contributed by atoms with van der Waals surface area (Å²) in [6.07, 6.45) is 4.32. The zero-order valence-electron chi connectivity index (χ0n) is 16.6. The molecule has 2 aliphatic rings. The van der Waals surface area contributed by atoms with Gasteiger partial charge in [-0.2, -0.15) is 0 Å². The predicted octanol–water partition coefficient (Wildman–Crippen LogP) is 3.43. The Labute approximate surface area is 184 Å². The second-order valence-electron chi connectivity index (χ2n) is 6.66. The van der Waals surface area contributed by atoms with Crippen molar-refractivity contribution in [1.29, 1.82) is 0 Å². The van der Waals surface area contributed by atoms with Crippen molar-refractivity contribution < 1.29 is 18.9 Å². The SMILES string of the molecule is CCNC(=NCCCOCC1CCCO1)Nc1ccc2c(c1)OCCCO2.I. The van der Waals surface area contributed by atoms with Crippen LogP contribution in [0.1, 0.15) is 32.6 Å². The van der Waals surface area contributed by atoms with Crippen molar-refractivity contribution in [1.82, 2.24) is 5.32 Å². The van der Waals surface area contributed by atoms with Gasteiger partial charge in [0, 0.05) is 44.5 Å². The number of anilines is 1. The van der Waals surface area contributed by atoms with E-state index in [4.69, 9.17) is 18.9 Å². The summed E-state index contributed by atoms with van der Waals surface area (Å²) in [5, 5.41) is 6.59. The minimum Gasteiger partial charge on any atom is -0.490 e. The molecule has 1 unspecified atom stereocenters. The van der Waals surface area contributed by atoms with Gasteiger partial charge in [0.25, 0.3) is 0 Å². The second kappa shape index (κ2) is 13.1. The normalized spacial score (nSPS) is 18.9. The number of rotatable bonds is 8. The molecule has 0 spiro atoms. The van der Waals surface area contributed by atoms with Gasteiger partial charge in [0.05, 0.1) is 25.9 Å². The molecule has 1 saturated heterocycles. The fraction of sp³-hybridized carbons (Fsp3) is 0.650. The number of halogens is 1. The Hall–Kier alpha value is -1.26. The number of nitrogens with one attached hydrogen (secondary N) is 2. The van der Waals surface area contributed by atoms with Gasteiger partial charge in [0.2, 0.25) is 0 Å². The lowest BCUT2D eigenvalue weighted by Crippen LogP contribution is -2.30. The van der Waals surface area contributed by atoms with Crippen LogP contribution in [-0.2, 0) is 9.47 Å². The second-order valence-corrected chi connectivity index (χ2v) is 6.66. The quantitative estimate of drug-likeness (QED) is 0.244. The average molecular weight is 505 g/mol. The smallest absolute Gasteiger partial charge is 0.195 e. The highest BCUT2D eigenvalue weighted by Crippen LogP contribution is 2.32. The summed E-state index contributed by atoms with van der Waals surface area (Å²) < 4.78 is 22.7. The molecule has 8 heteroatoms. The third-order valence-corrected chi connectivity index (χ3v) is 4.40. The molecule has 0 bridgehead atoms. The Morgan fingerprint density at radius 2 is 2.04 bits per heavy atom. The minimum absolute atomic E-state index is 0. The van der Waals surface area contributed by atoms with Crippen molar-refractivity contribution in [2.75, 3.05) is 51.4 Å². The molecule has 3 rings (SSSR count). The van der Waals surface area contributed by atoms with Crippen molar-refractivity contribution >= 4 is 35.6 Å². The molecule has 158 valence electrons. The van der Waals surface area contributed by atoms with Gasteiger partial charge in [-0.3, -0.25) is 4.99 Å². The number of ether oxygens (including phenoxy) is 4. The van der Waals surface area contributed by atoms with E-state index in [0.717, 1.165) is 62.0 Å². The average Bonchev–Trinajstić information content (AvgIpc) is 3.08. The predicted molar refractivity (Wildman–Crippen MR) is 121 cm³/mol. The van der Waals surface area contributed by atoms with E-state index >= 15 is 0 Å². The van der Waals surface area contributed by atoms with Crippen LogP contribution in [0, 0.1) is 0 Å². The Morgan fingerprint density at radius 1 is 1.18 bits per heavy atom. The van der Waals surface area contributed by atoms with E-state index in [1.165, 1.54) is 0 Å². The molecule has 2 aliphatic heterocycles. The van der Waals surface area contributed by atoms with Gasteiger partial charge >= 0.3 is 0 Å². The highest BCUT2D eigenvalue weighted by atomic mass is 127. The van der Waals surface area contributed by atoms with Crippen molar-refractivity contribution in [3.8, 4) is 11.5 Å². The summed E-state index contributed by atoms with van der Waals surface area (Å²) in [7, 11) is 0. The first-order valence-corrected chi connectivity index (χ1v) is 9.99. The van der Waals surface area contributed by atoms with Crippen molar-refractivity contribution in [3.63, 3.8) is 0 Å². The zero-order chi connectivity index (χ0) is 18.7. The molecular weight excluding hydrogens is 473 g/mol. The lowest BCUT2D eigenvalue weighted by Gasteiger charge is -2.14. The topological polar surface area (TPSA) is 73.3 Å². The van der Waals surface area contributed by atoms with Crippen LogP contribution in [0.2, 0.25) is 0 Å². The molecule has 28 heavy (non-hydrogen) atoms. The number of fused-ring (bicyclic) bond motifs is 1. The third kappa shape index (κ3) is 7.63. The van der Waals surface area contributed by atoms with Crippen molar-refractivity contribution in [2.24, 2.45) is 4.99 Å². The number of hydrogen-bond donors (Lipinski definition) is 2. The lowest BCUT2D eigenvalue weighted by molar-refractivity contribution is 0.0171. The summed E-state index contributed by atoms with van der Waals surface area (Å²) in [5.74, 6) is 2.32. The molecule has 0 aliphatic carbocycles. The summed E-state index contributed by atoms with van der Waals surface area (Å²) in [6.45, 7) is 7.18. The van der Waals surface area contributed by atoms with Crippen LogP contribution in [0.5, 0.6) is 11.5 Å². The molecule has 2 N–H and O–H groups in total. The summed E-state index contributed by atoms with van der Waals surface area (Å²) >= 11 is 0. The van der Waals surface area contributed by atoms with E-state index in [-0.39, 0.29) is 30.1 Å². The Kier molecular flexibility index (Phi) is 10.7. The largest absolute Gasteiger partial charge is 0.490 e. The number of nitrogens with zero attached hydrogens (tertiary/aromatic N) is 1. The molecule has 1 aromatic rings. The number of aliphatic imine (C=N–C) groups is 1. The van der Waals surface area contributed by atoms with Gasteiger partial charge < -0.3 is 29.6 Å². The maximum absolute atomic E-state index is 5.75. The van der Waals surface area contributed by atoms with E-state index in [1.54, 1.807) is 0 Å². The van der Waals surface area contributed by atoms with Gasteiger partial charge in [-0.15, -0.1) is 24.0 Å². The maximum Gasteiger partial charge on any atom is 0.195 e. The van der Waals surface area contributed by atoms with Gasteiger partial charge in [0.15, 0.2) is 17.5 Å². The van der Waals surface area contributed by atoms with Crippen molar-refractivity contribution in [3.05, 3.63) is 18.2 Å². The Bertz CT molecular complexity index is 609. The van der Waals surface area contributed by atoms with E-state index in [1.807, 2.05) is 18.2 Å². The van der Waals surface area contributed by atoms with Gasteiger partial charge in [0.1, 0.15) is 0 Å². The molecule has 2 heterocycles. The molecule has 1 fully saturated rings. The van der Waals surface area contributed by atoms with Crippen LogP contribution in [-0.4, -0.2) is 58.2 Å². The van der Waals surface area contributed by atoms with Crippen LogP contribution >= 0.6 is 24.0 Å². The highest BCUT2D eigenvalue weighted by Gasteiger charge is 2.15. The fourth-order valence-electron chi connectivity index (χ4n) is 3.03. The first-order valence-electron chi connectivity index (χ1n) is 9.99. The Balaban J connectivity index is 0.00000280. The molecule has 0 radical (unpaired) electrons. The third-order valence-electron chi connectivity index (χ3n) is 4.40. The molecule has 7 nitrogen and oxygen atoms in total.